The van der Waals surface area contributed by atoms with Gasteiger partial charge >= 0.3 is 18.4 Å². The summed E-state index contributed by atoms with van der Waals surface area (Å²) in [6.07, 6.45) is -7.56. The molecule has 1 unspecified atom stereocenters. The van der Waals surface area contributed by atoms with Crippen molar-refractivity contribution < 1.29 is 44.3 Å². The molecule has 252 valence electrons. The van der Waals surface area contributed by atoms with Crippen molar-refractivity contribution in [2.24, 2.45) is 0 Å². The lowest BCUT2D eigenvalue weighted by Crippen LogP contribution is -2.61. The van der Waals surface area contributed by atoms with Gasteiger partial charge in [0.15, 0.2) is 0 Å². The Morgan fingerprint density at radius 3 is 2.23 bits per heavy atom. The first-order chi connectivity index (χ1) is 21.8. The van der Waals surface area contributed by atoms with Gasteiger partial charge in [-0.25, -0.2) is 13.2 Å². The van der Waals surface area contributed by atoms with E-state index in [4.69, 9.17) is 16.3 Å². The Hall–Kier alpha value is -3.91. The molecule has 15 heteroatoms. The molecule has 3 aromatic carbocycles. The van der Waals surface area contributed by atoms with Crippen molar-refractivity contribution in [1.29, 1.82) is 0 Å². The third kappa shape index (κ3) is 7.33. The number of benzene rings is 3. The maximum Gasteiger partial charge on any atom is 0.417 e. The van der Waals surface area contributed by atoms with Crippen LogP contribution in [0.3, 0.4) is 0 Å². The number of hydrogen-bond acceptors (Lipinski definition) is 5. The molecule has 2 aliphatic heterocycles. The zero-order valence-corrected chi connectivity index (χ0v) is 26.9. The summed E-state index contributed by atoms with van der Waals surface area (Å²) in [7, 11) is -4.61. The SMILES string of the molecule is CC(C)(C)OC(=O)N1CCN2c3ccc(/C=C/c4c(Cl)cccc4C(F)(F)F)cc3N(S(=O)(=O)c3cccc(C(F)(F)F)c3)CC2C1. The van der Waals surface area contributed by atoms with E-state index in [1.54, 1.807) is 32.9 Å². The number of fused-ring (bicyclic) bond motifs is 3. The van der Waals surface area contributed by atoms with Crippen molar-refractivity contribution in [3.05, 3.63) is 87.9 Å². The van der Waals surface area contributed by atoms with Crippen LogP contribution in [0.15, 0.2) is 65.6 Å². The van der Waals surface area contributed by atoms with Gasteiger partial charge in [-0.3, -0.25) is 4.31 Å². The largest absolute Gasteiger partial charge is 0.444 e. The van der Waals surface area contributed by atoms with E-state index >= 15 is 0 Å². The molecule has 0 radical (unpaired) electrons. The number of halogens is 7. The number of piperazine rings is 1. The number of amides is 1. The lowest BCUT2D eigenvalue weighted by atomic mass is 10.0. The monoisotopic (exact) mass is 701 g/mol. The predicted molar refractivity (Wildman–Crippen MR) is 167 cm³/mol. The van der Waals surface area contributed by atoms with Crippen LogP contribution >= 0.6 is 11.6 Å². The van der Waals surface area contributed by atoms with Crippen LogP contribution in [-0.2, 0) is 27.1 Å². The van der Waals surface area contributed by atoms with Crippen molar-refractivity contribution in [3.63, 3.8) is 0 Å². The third-order valence-corrected chi connectivity index (χ3v) is 9.74. The second-order valence-electron chi connectivity index (χ2n) is 12.1. The highest BCUT2D eigenvalue weighted by Crippen LogP contribution is 2.42. The van der Waals surface area contributed by atoms with Crippen LogP contribution in [0.25, 0.3) is 12.2 Å². The van der Waals surface area contributed by atoms with Gasteiger partial charge in [-0.15, -0.1) is 0 Å². The highest BCUT2D eigenvalue weighted by Gasteiger charge is 2.42. The molecule has 1 fully saturated rings. The molecule has 3 aromatic rings. The van der Waals surface area contributed by atoms with Crippen LogP contribution < -0.4 is 9.21 Å². The van der Waals surface area contributed by atoms with Crippen LogP contribution in [0, 0.1) is 0 Å². The van der Waals surface area contributed by atoms with Crippen molar-refractivity contribution >= 4 is 51.2 Å². The molecule has 0 N–H and O–H groups in total. The third-order valence-electron chi connectivity index (χ3n) is 7.64. The molecular formula is C32H30ClF6N3O4S. The number of rotatable bonds is 4. The summed E-state index contributed by atoms with van der Waals surface area (Å²) in [5.74, 6) is 0. The lowest BCUT2D eigenvalue weighted by Gasteiger charge is -2.49. The van der Waals surface area contributed by atoms with Crippen LogP contribution in [0.4, 0.5) is 42.5 Å². The van der Waals surface area contributed by atoms with Gasteiger partial charge in [0.25, 0.3) is 10.0 Å². The van der Waals surface area contributed by atoms with Gasteiger partial charge in [0.2, 0.25) is 0 Å². The quantitative estimate of drug-likeness (QED) is 0.203. The number of nitrogens with zero attached hydrogens (tertiary/aromatic N) is 3. The molecule has 0 aliphatic carbocycles. The predicted octanol–water partition coefficient (Wildman–Crippen LogP) is 8.18. The molecule has 2 aliphatic rings. The lowest BCUT2D eigenvalue weighted by molar-refractivity contribution is -0.138. The number of sulfonamides is 1. The molecule has 1 atom stereocenters. The maximum atomic E-state index is 14.1. The fourth-order valence-electron chi connectivity index (χ4n) is 5.52. The molecule has 1 amide bonds. The van der Waals surface area contributed by atoms with Gasteiger partial charge in [0.1, 0.15) is 5.60 Å². The normalized spacial score (nSPS) is 17.5. The van der Waals surface area contributed by atoms with E-state index in [1.807, 2.05) is 4.90 Å². The Labute approximate surface area is 273 Å². The van der Waals surface area contributed by atoms with Crippen LogP contribution in [-0.4, -0.2) is 57.2 Å². The zero-order chi connectivity index (χ0) is 34.5. The summed E-state index contributed by atoms with van der Waals surface area (Å²) >= 11 is 6.10. The summed E-state index contributed by atoms with van der Waals surface area (Å²) in [5, 5.41) is -0.145. The Bertz CT molecular complexity index is 1820. The average Bonchev–Trinajstić information content (AvgIpc) is 2.97. The van der Waals surface area contributed by atoms with Gasteiger partial charge in [0, 0.05) is 30.2 Å². The molecule has 2 heterocycles. The summed E-state index contributed by atoms with van der Waals surface area (Å²) < 4.78 is 116. The van der Waals surface area contributed by atoms with Crippen LogP contribution in [0.5, 0.6) is 0 Å². The van der Waals surface area contributed by atoms with Crippen molar-refractivity contribution in [1.82, 2.24) is 4.90 Å². The summed E-state index contributed by atoms with van der Waals surface area (Å²) in [4.78, 5) is 15.6. The van der Waals surface area contributed by atoms with E-state index in [-0.39, 0.29) is 42.5 Å². The molecular weight excluding hydrogens is 672 g/mol. The topological polar surface area (TPSA) is 70.2 Å². The Morgan fingerprint density at radius 1 is 0.872 bits per heavy atom. The number of carbonyl (C=O) groups excluding carboxylic acids is 1. The molecule has 7 nitrogen and oxygen atoms in total. The van der Waals surface area contributed by atoms with Crippen LogP contribution in [0.2, 0.25) is 5.02 Å². The number of anilines is 2. The first kappa shape index (κ1) is 34.4. The first-order valence-corrected chi connectivity index (χ1v) is 16.2. The van der Waals surface area contributed by atoms with E-state index in [0.717, 1.165) is 28.6 Å². The minimum Gasteiger partial charge on any atom is -0.444 e. The molecule has 0 saturated carbocycles. The van der Waals surface area contributed by atoms with Crippen molar-refractivity contribution in [2.75, 3.05) is 35.4 Å². The maximum absolute atomic E-state index is 14.1. The van der Waals surface area contributed by atoms with Gasteiger partial charge in [-0.1, -0.05) is 42.0 Å². The second kappa shape index (κ2) is 12.3. The Balaban J connectivity index is 1.58. The number of carbonyl (C=O) groups is 1. The molecule has 0 spiro atoms. The number of ether oxygens (including phenoxy) is 1. The highest BCUT2D eigenvalue weighted by atomic mass is 35.5. The fourth-order valence-corrected chi connectivity index (χ4v) is 7.31. The van der Waals surface area contributed by atoms with Crippen LogP contribution in [0.1, 0.15) is 43.0 Å². The first-order valence-electron chi connectivity index (χ1n) is 14.4. The molecule has 1 saturated heterocycles. The minimum atomic E-state index is -4.80. The summed E-state index contributed by atoms with van der Waals surface area (Å²) in [5.41, 5.74) is -2.32. The average molecular weight is 702 g/mol. The number of alkyl halides is 6. The van der Waals surface area contributed by atoms with E-state index in [1.165, 1.54) is 35.3 Å². The van der Waals surface area contributed by atoms with E-state index in [0.29, 0.717) is 17.3 Å². The Morgan fingerprint density at radius 2 is 1.57 bits per heavy atom. The highest BCUT2D eigenvalue weighted by molar-refractivity contribution is 7.92. The van der Waals surface area contributed by atoms with Gasteiger partial charge in [-0.05, 0) is 68.8 Å². The fraction of sp³-hybridized carbons (Fsp3) is 0.344. The van der Waals surface area contributed by atoms with E-state index in [2.05, 4.69) is 0 Å². The molecule has 5 rings (SSSR count). The molecule has 0 aromatic heterocycles. The Kier molecular flexibility index (Phi) is 8.99. The molecule has 47 heavy (non-hydrogen) atoms. The minimum absolute atomic E-state index is 0.0668. The summed E-state index contributed by atoms with van der Waals surface area (Å²) in [6, 6.07) is 10.8. The smallest absolute Gasteiger partial charge is 0.417 e. The zero-order valence-electron chi connectivity index (χ0n) is 25.4. The molecule has 0 bridgehead atoms. The number of hydrogen-bond donors (Lipinski definition) is 0. The standard InChI is InChI=1S/C32H30ClF6N3O4S/c1-30(2,3)46-29(43)40-14-15-41-22(18-40)19-42(47(44,45)23-7-4-6-21(17-23)31(34,35)36)28-16-20(11-13-27(28)41)10-12-24-25(32(37,38)39)8-5-9-26(24)33/h4-13,16-17,22H,14-15,18-19H2,1-3H3/b12-10+. The van der Waals surface area contributed by atoms with Gasteiger partial charge in [-0.2, -0.15) is 26.3 Å². The van der Waals surface area contributed by atoms with E-state index < -0.39 is 56.1 Å². The van der Waals surface area contributed by atoms with E-state index in [9.17, 15) is 39.6 Å². The van der Waals surface area contributed by atoms with Crippen molar-refractivity contribution in [3.8, 4) is 0 Å². The van der Waals surface area contributed by atoms with Gasteiger partial charge < -0.3 is 14.5 Å². The van der Waals surface area contributed by atoms with Gasteiger partial charge in [0.05, 0.1) is 40.0 Å². The van der Waals surface area contributed by atoms with Crippen molar-refractivity contribution in [2.45, 2.75) is 49.7 Å². The summed E-state index contributed by atoms with van der Waals surface area (Å²) in [6.45, 7) is 5.51. The second-order valence-corrected chi connectivity index (χ2v) is 14.4.